The highest BCUT2D eigenvalue weighted by Crippen LogP contribution is 2.33. The fourth-order valence-corrected chi connectivity index (χ4v) is 2.18. The molecule has 0 aromatic heterocycles. The first-order valence-electron chi connectivity index (χ1n) is 5.27. The lowest BCUT2D eigenvalue weighted by molar-refractivity contribution is -0.114. The second-order valence-electron chi connectivity index (χ2n) is 4.42. The van der Waals surface area contributed by atoms with E-state index in [1.54, 1.807) is 0 Å². The second kappa shape index (κ2) is 4.22. The number of amides is 1. The molecule has 1 aliphatic rings. The molecule has 1 aliphatic heterocycles. The predicted molar refractivity (Wildman–Crippen MR) is 65.6 cm³/mol. The summed E-state index contributed by atoms with van der Waals surface area (Å²) < 4.78 is 13.6. The molecule has 0 radical (unpaired) electrons. The highest BCUT2D eigenvalue weighted by Gasteiger charge is 2.36. The lowest BCUT2D eigenvalue weighted by atomic mass is 10.1. The molecule has 1 aromatic rings. The van der Waals surface area contributed by atoms with E-state index in [4.69, 9.17) is 0 Å². The molecule has 0 saturated heterocycles. The number of carbonyl (C=O) groups is 2. The minimum atomic E-state index is -0.578. The smallest absolute Gasteiger partial charge is 0.299 e. The molecule has 0 atom stereocenters. The first kappa shape index (κ1) is 12.2. The number of anilines is 1. The Morgan fingerprint density at radius 3 is 2.59 bits per heavy atom. The van der Waals surface area contributed by atoms with Gasteiger partial charge in [0.2, 0.25) is 0 Å². The molecule has 17 heavy (non-hydrogen) atoms. The van der Waals surface area contributed by atoms with Gasteiger partial charge in [-0.3, -0.25) is 9.59 Å². The molecule has 0 spiro atoms. The SMILES string of the molecule is CC(C)CN1C(=O)C(=O)c2cc(Br)c(F)cc21. The Hall–Kier alpha value is -1.23. The van der Waals surface area contributed by atoms with Crippen LogP contribution in [-0.2, 0) is 4.79 Å². The molecule has 90 valence electrons. The van der Waals surface area contributed by atoms with Crippen LogP contribution in [0.3, 0.4) is 0 Å². The van der Waals surface area contributed by atoms with Crippen LogP contribution in [0.1, 0.15) is 24.2 Å². The van der Waals surface area contributed by atoms with Gasteiger partial charge < -0.3 is 4.90 Å². The highest BCUT2D eigenvalue weighted by atomic mass is 79.9. The quantitative estimate of drug-likeness (QED) is 0.788. The number of halogens is 2. The third-order valence-corrected chi connectivity index (χ3v) is 3.17. The molecule has 3 nitrogen and oxygen atoms in total. The third kappa shape index (κ3) is 1.99. The van der Waals surface area contributed by atoms with E-state index in [1.807, 2.05) is 13.8 Å². The molecule has 0 bridgehead atoms. The summed E-state index contributed by atoms with van der Waals surface area (Å²) in [5.74, 6) is -1.41. The van der Waals surface area contributed by atoms with E-state index >= 15 is 0 Å². The van der Waals surface area contributed by atoms with Crippen molar-refractivity contribution in [2.45, 2.75) is 13.8 Å². The molecular weight excluding hydrogens is 289 g/mol. The monoisotopic (exact) mass is 299 g/mol. The van der Waals surface area contributed by atoms with Crippen molar-refractivity contribution in [2.75, 3.05) is 11.4 Å². The van der Waals surface area contributed by atoms with E-state index in [0.717, 1.165) is 0 Å². The van der Waals surface area contributed by atoms with Gasteiger partial charge in [0, 0.05) is 6.54 Å². The minimum absolute atomic E-state index is 0.198. The minimum Gasteiger partial charge on any atom is -0.304 e. The van der Waals surface area contributed by atoms with Gasteiger partial charge in [-0.1, -0.05) is 13.8 Å². The molecular formula is C12H11BrFNO2. The molecule has 0 saturated carbocycles. The van der Waals surface area contributed by atoms with Crippen LogP contribution < -0.4 is 4.90 Å². The number of ketones is 1. The van der Waals surface area contributed by atoms with Gasteiger partial charge in [0.1, 0.15) is 5.82 Å². The number of hydrogen-bond acceptors (Lipinski definition) is 2. The molecule has 5 heteroatoms. The number of carbonyl (C=O) groups excluding carboxylic acids is 2. The van der Waals surface area contributed by atoms with Crippen LogP contribution in [0, 0.1) is 11.7 Å². The third-order valence-electron chi connectivity index (χ3n) is 2.56. The van der Waals surface area contributed by atoms with Gasteiger partial charge >= 0.3 is 0 Å². The first-order valence-corrected chi connectivity index (χ1v) is 6.06. The zero-order valence-electron chi connectivity index (χ0n) is 9.46. The first-order chi connectivity index (χ1) is 7.91. The average molecular weight is 300 g/mol. The number of rotatable bonds is 2. The molecule has 2 rings (SSSR count). The van der Waals surface area contributed by atoms with Gasteiger partial charge in [0.15, 0.2) is 0 Å². The summed E-state index contributed by atoms with van der Waals surface area (Å²) in [6.07, 6.45) is 0. The number of Topliss-reactive ketones (excluding diaryl/α,β-unsaturated/α-hetero) is 1. The summed E-state index contributed by atoms with van der Waals surface area (Å²) in [5.41, 5.74) is 0.637. The van der Waals surface area contributed by atoms with Crippen molar-refractivity contribution in [3.05, 3.63) is 28.0 Å². The van der Waals surface area contributed by atoms with Crippen LogP contribution in [0.15, 0.2) is 16.6 Å². The molecule has 0 fully saturated rings. The van der Waals surface area contributed by atoms with Crippen molar-refractivity contribution < 1.29 is 14.0 Å². The van der Waals surface area contributed by atoms with E-state index in [1.165, 1.54) is 17.0 Å². The van der Waals surface area contributed by atoms with E-state index in [0.29, 0.717) is 12.2 Å². The van der Waals surface area contributed by atoms with Gasteiger partial charge in [-0.25, -0.2) is 4.39 Å². The summed E-state index contributed by atoms with van der Waals surface area (Å²) in [6, 6.07) is 2.59. The van der Waals surface area contributed by atoms with Gasteiger partial charge in [-0.2, -0.15) is 0 Å². The molecule has 1 aromatic carbocycles. The predicted octanol–water partition coefficient (Wildman–Crippen LogP) is 2.77. The summed E-state index contributed by atoms with van der Waals surface area (Å²) >= 11 is 3.01. The Morgan fingerprint density at radius 1 is 1.35 bits per heavy atom. The van der Waals surface area contributed by atoms with Crippen LogP contribution in [0.2, 0.25) is 0 Å². The van der Waals surface area contributed by atoms with E-state index < -0.39 is 17.5 Å². The van der Waals surface area contributed by atoms with Gasteiger partial charge in [0.25, 0.3) is 11.7 Å². The lowest BCUT2D eigenvalue weighted by Gasteiger charge is -2.18. The Bertz CT molecular complexity index is 513. The summed E-state index contributed by atoms with van der Waals surface area (Å²) in [7, 11) is 0. The number of hydrogen-bond donors (Lipinski definition) is 0. The standard InChI is InChI=1S/C12H11BrFNO2/c1-6(2)5-15-10-4-9(14)8(13)3-7(10)11(16)12(15)17/h3-4,6H,5H2,1-2H3. The molecule has 0 aliphatic carbocycles. The molecule has 0 N–H and O–H groups in total. The zero-order valence-corrected chi connectivity index (χ0v) is 11.0. The number of fused-ring (bicyclic) bond motifs is 1. The maximum atomic E-state index is 13.4. The summed E-state index contributed by atoms with van der Waals surface area (Å²) in [6.45, 7) is 4.29. The van der Waals surface area contributed by atoms with Gasteiger partial charge in [0.05, 0.1) is 15.7 Å². The average Bonchev–Trinajstić information content (AvgIpc) is 2.45. The van der Waals surface area contributed by atoms with Crippen LogP contribution >= 0.6 is 15.9 Å². The van der Waals surface area contributed by atoms with Crippen LogP contribution in [0.25, 0.3) is 0 Å². The fraction of sp³-hybridized carbons (Fsp3) is 0.333. The molecule has 0 unspecified atom stereocenters. The number of benzene rings is 1. The van der Waals surface area contributed by atoms with Gasteiger partial charge in [-0.15, -0.1) is 0 Å². The summed E-state index contributed by atoms with van der Waals surface area (Å²) in [5, 5.41) is 0. The Morgan fingerprint density at radius 2 is 2.00 bits per heavy atom. The fourth-order valence-electron chi connectivity index (χ4n) is 1.84. The van der Waals surface area contributed by atoms with Crippen molar-refractivity contribution >= 4 is 33.3 Å². The highest BCUT2D eigenvalue weighted by molar-refractivity contribution is 9.10. The Labute approximate surface area is 107 Å². The van der Waals surface area contributed by atoms with Crippen LogP contribution in [0.5, 0.6) is 0 Å². The maximum Gasteiger partial charge on any atom is 0.299 e. The van der Waals surface area contributed by atoms with Crippen LogP contribution in [0.4, 0.5) is 10.1 Å². The van der Waals surface area contributed by atoms with Gasteiger partial charge in [-0.05, 0) is 34.0 Å². The van der Waals surface area contributed by atoms with E-state index in [-0.39, 0.29) is 16.0 Å². The second-order valence-corrected chi connectivity index (χ2v) is 5.28. The molecule has 1 heterocycles. The summed E-state index contributed by atoms with van der Waals surface area (Å²) in [4.78, 5) is 24.8. The van der Waals surface area contributed by atoms with Crippen molar-refractivity contribution in [1.29, 1.82) is 0 Å². The maximum absolute atomic E-state index is 13.4. The van der Waals surface area contributed by atoms with Crippen molar-refractivity contribution in [1.82, 2.24) is 0 Å². The normalized spacial score (nSPS) is 14.8. The Kier molecular flexibility index (Phi) is 3.03. The van der Waals surface area contributed by atoms with Crippen molar-refractivity contribution in [2.24, 2.45) is 5.92 Å². The largest absolute Gasteiger partial charge is 0.304 e. The van der Waals surface area contributed by atoms with E-state index in [2.05, 4.69) is 15.9 Å². The van der Waals surface area contributed by atoms with Crippen LogP contribution in [-0.4, -0.2) is 18.2 Å². The topological polar surface area (TPSA) is 37.4 Å². The van der Waals surface area contributed by atoms with Crippen molar-refractivity contribution in [3.8, 4) is 0 Å². The van der Waals surface area contributed by atoms with Crippen molar-refractivity contribution in [3.63, 3.8) is 0 Å². The molecule has 1 amide bonds. The zero-order chi connectivity index (χ0) is 12.7. The van der Waals surface area contributed by atoms with E-state index in [9.17, 15) is 14.0 Å². The Balaban J connectivity index is 2.52. The number of nitrogens with zero attached hydrogens (tertiary/aromatic N) is 1. The lowest BCUT2D eigenvalue weighted by Crippen LogP contribution is -2.32.